The van der Waals surface area contributed by atoms with E-state index in [2.05, 4.69) is 10.5 Å². The van der Waals surface area contributed by atoms with Gasteiger partial charge in [-0.2, -0.15) is 0 Å². The number of amides is 1. The number of oxime groups is 1. The lowest BCUT2D eigenvalue weighted by Crippen LogP contribution is -2.56. The maximum atomic E-state index is 13.0. The lowest BCUT2D eigenvalue weighted by Gasteiger charge is -2.33. The molecule has 0 aromatic heterocycles. The Morgan fingerprint density at radius 1 is 0.750 bits per heavy atom. The average Bonchev–Trinajstić information content (AvgIpc) is 2.98. The zero-order chi connectivity index (χ0) is 28.9. The first-order valence-corrected chi connectivity index (χ1v) is 12.2. The van der Waals surface area contributed by atoms with Gasteiger partial charge < -0.3 is 29.8 Å². The first-order valence-electron chi connectivity index (χ1n) is 12.2. The minimum atomic E-state index is -1.75. The number of rotatable bonds is 12. The summed E-state index contributed by atoms with van der Waals surface area (Å²) in [5, 5.41) is 25.8. The van der Waals surface area contributed by atoms with Crippen LogP contribution in [-0.2, 0) is 19.0 Å². The van der Waals surface area contributed by atoms with Crippen molar-refractivity contribution in [3.63, 3.8) is 0 Å². The van der Waals surface area contributed by atoms with E-state index in [-0.39, 0.29) is 16.7 Å². The highest BCUT2D eigenvalue weighted by Gasteiger charge is 2.41. The lowest BCUT2D eigenvalue weighted by atomic mass is 10.0. The number of hydrogen-bond acceptors (Lipinski definition) is 10. The molecule has 0 aliphatic heterocycles. The largest absolute Gasteiger partial charge is 0.459 e. The molecule has 3 rings (SSSR count). The number of aliphatic hydroxyl groups is 1. The molecule has 0 spiro atoms. The van der Waals surface area contributed by atoms with Crippen molar-refractivity contribution in [3.8, 4) is 0 Å². The van der Waals surface area contributed by atoms with Gasteiger partial charge in [-0.15, -0.1) is 0 Å². The molecule has 0 bridgehead atoms. The lowest BCUT2D eigenvalue weighted by molar-refractivity contribution is -0.122. The number of nitrogens with zero attached hydrogens (tertiary/aromatic N) is 1. The summed E-state index contributed by atoms with van der Waals surface area (Å²) < 4.78 is 16.4. The topological polar surface area (TPSA) is 161 Å². The molecule has 0 saturated heterocycles. The smallest absolute Gasteiger partial charge is 0.338 e. The molecule has 3 aromatic rings. The molecule has 11 heteroatoms. The Morgan fingerprint density at radius 2 is 1.18 bits per heavy atom. The van der Waals surface area contributed by atoms with Crippen LogP contribution in [0.4, 0.5) is 0 Å². The molecule has 11 nitrogen and oxygen atoms in total. The van der Waals surface area contributed by atoms with E-state index < -0.39 is 54.8 Å². The van der Waals surface area contributed by atoms with Gasteiger partial charge in [0.05, 0.1) is 22.9 Å². The number of nitrogens with one attached hydrogen (secondary N) is 1. The van der Waals surface area contributed by atoms with E-state index in [1.807, 2.05) is 0 Å². The van der Waals surface area contributed by atoms with E-state index >= 15 is 0 Å². The number of carbonyl (C=O) groups is 4. The fourth-order valence-corrected chi connectivity index (χ4v) is 3.67. The standard InChI is InChI=1S/C29H28N2O9/c1-19(32)31-23(17-30-37)25(39-28(35)21-13-7-3-8-14-21)26(40-29(36)22-15-9-4-10-16-22)24(33)18-38-27(34)20-11-5-2-6-12-20/h2-17,23-26,33,37H,18H2,1H3,(H,31,32)/b30-17+/t23-,24+,25+,26+/m0/s1. The summed E-state index contributed by atoms with van der Waals surface area (Å²) in [6.45, 7) is 0.486. The molecular weight excluding hydrogens is 520 g/mol. The second kappa shape index (κ2) is 14.8. The van der Waals surface area contributed by atoms with Crippen LogP contribution in [0.25, 0.3) is 0 Å². The van der Waals surface area contributed by atoms with Crippen molar-refractivity contribution >= 4 is 30.0 Å². The summed E-state index contributed by atoms with van der Waals surface area (Å²) in [7, 11) is 0. The SMILES string of the molecule is CC(=O)N[C@@H](/C=N/O)[C@@H](OC(=O)c1ccccc1)[C@H](OC(=O)c1ccccc1)[C@H](O)COC(=O)c1ccccc1. The van der Waals surface area contributed by atoms with Gasteiger partial charge in [0.25, 0.3) is 0 Å². The Balaban J connectivity index is 1.97. The van der Waals surface area contributed by atoms with Gasteiger partial charge in [-0.05, 0) is 36.4 Å². The number of aliphatic hydroxyl groups excluding tert-OH is 1. The maximum absolute atomic E-state index is 13.0. The van der Waals surface area contributed by atoms with E-state index in [0.717, 1.165) is 13.1 Å². The third-order valence-electron chi connectivity index (χ3n) is 5.55. The Bertz CT molecular complexity index is 1300. The van der Waals surface area contributed by atoms with Crippen LogP contribution in [0.5, 0.6) is 0 Å². The zero-order valence-corrected chi connectivity index (χ0v) is 21.5. The zero-order valence-electron chi connectivity index (χ0n) is 21.5. The first-order chi connectivity index (χ1) is 19.3. The van der Waals surface area contributed by atoms with Crippen LogP contribution >= 0.6 is 0 Å². The molecular formula is C29H28N2O9. The summed E-state index contributed by atoms with van der Waals surface area (Å²) in [5.41, 5.74) is 0.442. The van der Waals surface area contributed by atoms with Crippen molar-refractivity contribution in [1.29, 1.82) is 0 Å². The highest BCUT2D eigenvalue weighted by Crippen LogP contribution is 2.19. The average molecular weight is 549 g/mol. The summed E-state index contributed by atoms with van der Waals surface area (Å²) >= 11 is 0. The molecule has 0 aliphatic rings. The van der Waals surface area contributed by atoms with Crippen molar-refractivity contribution < 1.29 is 43.7 Å². The van der Waals surface area contributed by atoms with Crippen molar-refractivity contribution in [3.05, 3.63) is 108 Å². The van der Waals surface area contributed by atoms with E-state index in [0.29, 0.717) is 0 Å². The quantitative estimate of drug-likeness (QED) is 0.102. The summed E-state index contributed by atoms with van der Waals surface area (Å²) in [6.07, 6.45) is -4.25. The van der Waals surface area contributed by atoms with Crippen LogP contribution < -0.4 is 5.32 Å². The maximum Gasteiger partial charge on any atom is 0.338 e. The molecule has 0 fully saturated rings. The van der Waals surface area contributed by atoms with E-state index in [9.17, 15) is 29.5 Å². The molecule has 0 heterocycles. The van der Waals surface area contributed by atoms with Crippen LogP contribution in [0.1, 0.15) is 38.0 Å². The molecule has 0 radical (unpaired) electrons. The first kappa shape index (κ1) is 29.5. The van der Waals surface area contributed by atoms with E-state index in [4.69, 9.17) is 14.2 Å². The minimum absolute atomic E-state index is 0.112. The van der Waals surface area contributed by atoms with E-state index in [1.165, 1.54) is 36.4 Å². The summed E-state index contributed by atoms with van der Waals surface area (Å²) in [6, 6.07) is 22.2. The molecule has 3 aromatic carbocycles. The molecule has 0 unspecified atom stereocenters. The van der Waals surface area contributed by atoms with Crippen molar-refractivity contribution in [1.82, 2.24) is 5.32 Å². The van der Waals surface area contributed by atoms with Gasteiger partial charge in [-0.25, -0.2) is 14.4 Å². The number of benzene rings is 3. The van der Waals surface area contributed by atoms with Gasteiger partial charge in [0.15, 0.2) is 12.2 Å². The molecule has 0 aliphatic carbocycles. The van der Waals surface area contributed by atoms with Gasteiger partial charge in [-0.3, -0.25) is 4.79 Å². The van der Waals surface area contributed by atoms with Gasteiger partial charge in [-0.1, -0.05) is 59.8 Å². The monoisotopic (exact) mass is 548 g/mol. The molecule has 1 amide bonds. The molecule has 4 atom stereocenters. The number of carbonyl (C=O) groups excluding carboxylic acids is 4. The predicted molar refractivity (Wildman–Crippen MR) is 142 cm³/mol. The summed E-state index contributed by atoms with van der Waals surface area (Å²) in [4.78, 5) is 50.5. The third-order valence-corrected chi connectivity index (χ3v) is 5.55. The van der Waals surface area contributed by atoms with Gasteiger partial charge >= 0.3 is 17.9 Å². The second-order valence-corrected chi connectivity index (χ2v) is 8.49. The van der Waals surface area contributed by atoms with Crippen molar-refractivity contribution in [2.75, 3.05) is 6.61 Å². The van der Waals surface area contributed by atoms with Gasteiger partial charge in [0.2, 0.25) is 5.91 Å². The minimum Gasteiger partial charge on any atom is -0.459 e. The fourth-order valence-electron chi connectivity index (χ4n) is 3.67. The Labute approximate surface area is 230 Å². The van der Waals surface area contributed by atoms with Crippen molar-refractivity contribution in [2.24, 2.45) is 5.16 Å². The molecule has 0 saturated carbocycles. The highest BCUT2D eigenvalue weighted by molar-refractivity contribution is 5.91. The van der Waals surface area contributed by atoms with Gasteiger partial charge in [0.1, 0.15) is 18.8 Å². The van der Waals surface area contributed by atoms with E-state index in [1.54, 1.807) is 54.6 Å². The Kier molecular flexibility index (Phi) is 10.9. The van der Waals surface area contributed by atoms with Gasteiger partial charge in [0, 0.05) is 6.92 Å². The summed E-state index contributed by atoms with van der Waals surface area (Å²) in [5.74, 6) is -3.16. The fraction of sp³-hybridized carbons (Fsp3) is 0.207. The highest BCUT2D eigenvalue weighted by atomic mass is 16.6. The normalized spacial score (nSPS) is 13.8. The third kappa shape index (κ3) is 8.50. The second-order valence-electron chi connectivity index (χ2n) is 8.49. The van der Waals surface area contributed by atoms with Crippen LogP contribution in [0, 0.1) is 0 Å². The molecule has 3 N–H and O–H groups in total. The van der Waals surface area contributed by atoms with Crippen LogP contribution in [-0.4, -0.2) is 71.3 Å². The van der Waals surface area contributed by atoms with Crippen LogP contribution in [0.2, 0.25) is 0 Å². The number of hydrogen-bond donors (Lipinski definition) is 3. The van der Waals surface area contributed by atoms with Crippen LogP contribution in [0.3, 0.4) is 0 Å². The van der Waals surface area contributed by atoms with Crippen molar-refractivity contribution in [2.45, 2.75) is 31.3 Å². The van der Waals surface area contributed by atoms with Crippen LogP contribution in [0.15, 0.2) is 96.2 Å². The molecule has 208 valence electrons. The molecule has 40 heavy (non-hydrogen) atoms. The Hall–Kier alpha value is -5.03. The number of esters is 3. The Morgan fingerprint density at radius 3 is 1.60 bits per heavy atom. The predicted octanol–water partition coefficient (Wildman–Crippen LogP) is 2.62. The number of ether oxygens (including phenoxy) is 3.